The number of hydrogen-bond donors (Lipinski definition) is 1. The molecule has 1 aliphatic rings. The molecule has 0 radical (unpaired) electrons. The number of ether oxygens (including phenoxy) is 2. The summed E-state index contributed by atoms with van der Waals surface area (Å²) in [5.74, 6) is 0.0446. The molecule has 3 amide bonds. The number of nitrogens with zero attached hydrogens (tertiary/aromatic N) is 1. The van der Waals surface area contributed by atoms with Crippen LogP contribution in [0.15, 0.2) is 45.8 Å². The van der Waals surface area contributed by atoms with E-state index in [0.29, 0.717) is 27.2 Å². The van der Waals surface area contributed by atoms with Gasteiger partial charge in [-0.1, -0.05) is 18.2 Å². The van der Waals surface area contributed by atoms with Crippen LogP contribution < -0.4 is 14.8 Å². The summed E-state index contributed by atoms with van der Waals surface area (Å²) in [6.07, 6.45) is 1.58. The van der Waals surface area contributed by atoms with Gasteiger partial charge in [-0.3, -0.25) is 19.3 Å². The van der Waals surface area contributed by atoms with E-state index in [1.54, 1.807) is 30.3 Å². The van der Waals surface area contributed by atoms with Gasteiger partial charge in [0, 0.05) is 5.69 Å². The van der Waals surface area contributed by atoms with E-state index < -0.39 is 17.1 Å². The molecule has 1 heterocycles. The molecule has 1 N–H and O–H groups in total. The lowest BCUT2D eigenvalue weighted by Gasteiger charge is -2.13. The van der Waals surface area contributed by atoms with E-state index in [4.69, 9.17) is 9.47 Å². The fourth-order valence-electron chi connectivity index (χ4n) is 2.86. The van der Waals surface area contributed by atoms with E-state index in [2.05, 4.69) is 21.2 Å². The maximum absolute atomic E-state index is 12.7. The average molecular weight is 491 g/mol. The van der Waals surface area contributed by atoms with Crippen molar-refractivity contribution in [1.29, 1.82) is 0 Å². The molecule has 0 saturated carbocycles. The highest BCUT2D eigenvalue weighted by Gasteiger charge is 2.36. The average Bonchev–Trinajstić information content (AvgIpc) is 2.96. The van der Waals surface area contributed by atoms with Crippen molar-refractivity contribution in [2.75, 3.05) is 26.1 Å². The van der Waals surface area contributed by atoms with Gasteiger partial charge in [0.25, 0.3) is 11.1 Å². The zero-order chi connectivity index (χ0) is 21.8. The number of halogens is 1. The normalized spacial score (nSPS) is 14.9. The second-order valence-electron chi connectivity index (χ2n) is 6.37. The van der Waals surface area contributed by atoms with Crippen molar-refractivity contribution in [3.05, 3.63) is 56.9 Å². The minimum Gasteiger partial charge on any atom is -0.493 e. The number of amides is 3. The molecule has 0 aromatic heterocycles. The summed E-state index contributed by atoms with van der Waals surface area (Å²) >= 11 is 4.19. The van der Waals surface area contributed by atoms with Crippen LogP contribution in [-0.4, -0.2) is 42.7 Å². The van der Waals surface area contributed by atoms with Crippen LogP contribution in [0, 0.1) is 6.92 Å². The molecule has 2 aromatic rings. The molecule has 0 bridgehead atoms. The molecule has 1 fully saturated rings. The Morgan fingerprint density at radius 3 is 2.60 bits per heavy atom. The van der Waals surface area contributed by atoms with E-state index >= 15 is 0 Å². The van der Waals surface area contributed by atoms with Gasteiger partial charge in [-0.25, -0.2) is 0 Å². The second-order valence-corrected chi connectivity index (χ2v) is 8.22. The number of imide groups is 1. The highest BCUT2D eigenvalue weighted by molar-refractivity contribution is 9.10. The number of anilines is 1. The molecule has 0 unspecified atom stereocenters. The zero-order valence-electron chi connectivity index (χ0n) is 16.5. The highest BCUT2D eigenvalue weighted by Crippen LogP contribution is 2.38. The topological polar surface area (TPSA) is 84.9 Å². The van der Waals surface area contributed by atoms with Crippen LogP contribution in [0.2, 0.25) is 0 Å². The van der Waals surface area contributed by atoms with E-state index in [1.165, 1.54) is 14.2 Å². The van der Waals surface area contributed by atoms with Crippen molar-refractivity contribution in [1.82, 2.24) is 4.90 Å². The fourth-order valence-corrected chi connectivity index (χ4v) is 4.32. The number of rotatable bonds is 6. The quantitative estimate of drug-likeness (QED) is 0.602. The molecule has 2 aromatic carbocycles. The van der Waals surface area contributed by atoms with Crippen LogP contribution in [0.3, 0.4) is 0 Å². The Morgan fingerprint density at radius 2 is 1.93 bits per heavy atom. The van der Waals surface area contributed by atoms with E-state index in [9.17, 15) is 14.4 Å². The van der Waals surface area contributed by atoms with E-state index in [-0.39, 0.29) is 11.4 Å². The summed E-state index contributed by atoms with van der Waals surface area (Å²) in [5, 5.41) is 2.23. The lowest BCUT2D eigenvalue weighted by atomic mass is 10.2. The van der Waals surface area contributed by atoms with Gasteiger partial charge in [0.05, 0.1) is 23.6 Å². The first-order chi connectivity index (χ1) is 14.3. The van der Waals surface area contributed by atoms with Crippen molar-refractivity contribution in [3.63, 3.8) is 0 Å². The first-order valence-electron chi connectivity index (χ1n) is 8.86. The SMILES string of the molecule is COc1cc(/C=C2/SC(=O)N(CC(=O)Nc3ccccc3C)C2=O)cc(Br)c1OC. The summed E-state index contributed by atoms with van der Waals surface area (Å²) < 4.78 is 11.2. The van der Waals surface area contributed by atoms with Crippen LogP contribution in [0.25, 0.3) is 6.08 Å². The predicted molar refractivity (Wildman–Crippen MR) is 120 cm³/mol. The number of hydrogen-bond acceptors (Lipinski definition) is 6. The van der Waals surface area contributed by atoms with Crippen LogP contribution in [-0.2, 0) is 9.59 Å². The van der Waals surface area contributed by atoms with Crippen LogP contribution in [0.1, 0.15) is 11.1 Å². The van der Waals surface area contributed by atoms with Gasteiger partial charge in [-0.05, 0) is 70.0 Å². The molecule has 3 rings (SSSR count). The van der Waals surface area contributed by atoms with Crippen molar-refractivity contribution in [3.8, 4) is 11.5 Å². The molecular formula is C21H19BrN2O5S. The van der Waals surface area contributed by atoms with Gasteiger partial charge in [-0.15, -0.1) is 0 Å². The highest BCUT2D eigenvalue weighted by atomic mass is 79.9. The standard InChI is InChI=1S/C21H19BrN2O5S/c1-12-6-4-5-7-15(12)23-18(25)11-24-20(26)17(30-21(24)27)10-13-8-14(22)19(29-3)16(9-13)28-2/h4-10H,11H2,1-3H3,(H,23,25)/b17-10+. The maximum Gasteiger partial charge on any atom is 0.294 e. The number of methoxy groups -OCH3 is 2. The third-order valence-corrected chi connectivity index (χ3v) is 5.84. The lowest BCUT2D eigenvalue weighted by molar-refractivity contribution is -0.127. The van der Waals surface area contributed by atoms with E-state index in [1.807, 2.05) is 19.1 Å². The summed E-state index contributed by atoms with van der Waals surface area (Å²) in [7, 11) is 3.03. The summed E-state index contributed by atoms with van der Waals surface area (Å²) in [5.41, 5.74) is 2.17. The van der Waals surface area contributed by atoms with Crippen molar-refractivity contribution in [2.45, 2.75) is 6.92 Å². The Hall–Kier alpha value is -2.78. The molecule has 156 valence electrons. The largest absolute Gasteiger partial charge is 0.493 e. The molecule has 7 nitrogen and oxygen atoms in total. The summed E-state index contributed by atoms with van der Waals surface area (Å²) in [6.45, 7) is 1.51. The number of thioether (sulfide) groups is 1. The smallest absolute Gasteiger partial charge is 0.294 e. The Kier molecular flexibility index (Phi) is 6.84. The minimum atomic E-state index is -0.518. The van der Waals surface area contributed by atoms with Gasteiger partial charge >= 0.3 is 0 Å². The molecule has 1 saturated heterocycles. The number of carbonyl (C=O) groups excluding carboxylic acids is 3. The molecule has 1 aliphatic heterocycles. The Bertz CT molecular complexity index is 1050. The van der Waals surface area contributed by atoms with Gasteiger partial charge in [0.1, 0.15) is 6.54 Å². The van der Waals surface area contributed by atoms with Gasteiger partial charge in [0.15, 0.2) is 11.5 Å². The van der Waals surface area contributed by atoms with Crippen molar-refractivity contribution < 1.29 is 23.9 Å². The second kappa shape index (κ2) is 9.36. The third-order valence-electron chi connectivity index (χ3n) is 4.35. The first-order valence-corrected chi connectivity index (χ1v) is 10.5. The lowest BCUT2D eigenvalue weighted by Crippen LogP contribution is -2.36. The first kappa shape index (κ1) is 21.9. The third kappa shape index (κ3) is 4.68. The number of carbonyl (C=O) groups is 3. The Morgan fingerprint density at radius 1 is 1.20 bits per heavy atom. The fraction of sp³-hybridized carbons (Fsp3) is 0.190. The minimum absolute atomic E-state index is 0.225. The predicted octanol–water partition coefficient (Wildman–Crippen LogP) is 4.45. The summed E-state index contributed by atoms with van der Waals surface area (Å²) in [4.78, 5) is 38.5. The number of nitrogens with one attached hydrogen (secondary N) is 1. The molecule has 0 aliphatic carbocycles. The van der Waals surface area contributed by atoms with Gasteiger partial charge in [0.2, 0.25) is 5.91 Å². The monoisotopic (exact) mass is 490 g/mol. The van der Waals surface area contributed by atoms with E-state index in [0.717, 1.165) is 22.2 Å². The molecule has 30 heavy (non-hydrogen) atoms. The Labute approximate surface area is 186 Å². The van der Waals surface area contributed by atoms with Crippen LogP contribution in [0.4, 0.5) is 10.5 Å². The molecule has 0 spiro atoms. The number of para-hydroxylation sites is 1. The van der Waals surface area contributed by atoms with Crippen LogP contribution in [0.5, 0.6) is 11.5 Å². The Balaban J connectivity index is 1.77. The molecule has 9 heteroatoms. The molecule has 0 atom stereocenters. The van der Waals surface area contributed by atoms with Crippen LogP contribution >= 0.6 is 27.7 Å². The summed E-state index contributed by atoms with van der Waals surface area (Å²) in [6, 6.07) is 10.7. The van der Waals surface area contributed by atoms with Crippen molar-refractivity contribution >= 4 is 56.5 Å². The number of aryl methyl sites for hydroxylation is 1. The zero-order valence-corrected chi connectivity index (χ0v) is 18.9. The maximum atomic E-state index is 12.7. The number of benzene rings is 2. The van der Waals surface area contributed by atoms with Crippen molar-refractivity contribution in [2.24, 2.45) is 0 Å². The molecular weight excluding hydrogens is 472 g/mol. The van der Waals surface area contributed by atoms with Gasteiger partial charge in [-0.2, -0.15) is 0 Å². The van der Waals surface area contributed by atoms with Gasteiger partial charge < -0.3 is 14.8 Å².